The van der Waals surface area contributed by atoms with E-state index in [1.54, 1.807) is 20.5 Å². The van der Waals surface area contributed by atoms with Crippen LogP contribution in [-0.2, 0) is 11.3 Å². The SMILES string of the molecule is COc1ccc(OC)c(CNC(=O)C2CCN(c3cncnc3N3CCCCC3)CC2)c1. The van der Waals surface area contributed by atoms with Gasteiger partial charge in [0, 0.05) is 44.2 Å². The van der Waals surface area contributed by atoms with Crippen LogP contribution in [-0.4, -0.2) is 56.3 Å². The number of hydrogen-bond donors (Lipinski definition) is 1. The summed E-state index contributed by atoms with van der Waals surface area (Å²) in [6, 6.07) is 5.62. The third kappa shape index (κ3) is 5.06. The Morgan fingerprint density at radius 3 is 2.56 bits per heavy atom. The van der Waals surface area contributed by atoms with Crippen molar-refractivity contribution in [1.82, 2.24) is 15.3 Å². The lowest BCUT2D eigenvalue weighted by atomic mass is 9.95. The summed E-state index contributed by atoms with van der Waals surface area (Å²) in [6.07, 6.45) is 8.91. The number of anilines is 2. The Morgan fingerprint density at radius 1 is 1.06 bits per heavy atom. The highest BCUT2D eigenvalue weighted by Crippen LogP contribution is 2.31. The fourth-order valence-electron chi connectivity index (χ4n) is 4.62. The molecule has 2 saturated heterocycles. The molecule has 0 saturated carbocycles. The van der Waals surface area contributed by atoms with Gasteiger partial charge >= 0.3 is 0 Å². The van der Waals surface area contributed by atoms with Crippen molar-refractivity contribution < 1.29 is 14.3 Å². The summed E-state index contributed by atoms with van der Waals surface area (Å²) in [5.41, 5.74) is 2.00. The maximum atomic E-state index is 12.8. The van der Waals surface area contributed by atoms with E-state index < -0.39 is 0 Å². The molecule has 8 nitrogen and oxygen atoms in total. The Bertz CT molecular complexity index is 908. The third-order valence-corrected chi connectivity index (χ3v) is 6.48. The number of nitrogens with one attached hydrogen (secondary N) is 1. The molecule has 172 valence electrons. The molecule has 1 N–H and O–H groups in total. The van der Waals surface area contributed by atoms with Crippen LogP contribution in [0.25, 0.3) is 0 Å². The first-order valence-electron chi connectivity index (χ1n) is 11.5. The van der Waals surface area contributed by atoms with E-state index in [1.165, 1.54) is 19.3 Å². The van der Waals surface area contributed by atoms with Crippen LogP contribution < -0.4 is 24.6 Å². The molecule has 2 aromatic rings. The highest BCUT2D eigenvalue weighted by Gasteiger charge is 2.28. The molecule has 0 atom stereocenters. The number of piperidine rings is 2. The van der Waals surface area contributed by atoms with Crippen LogP contribution in [0.3, 0.4) is 0 Å². The molecule has 1 aromatic carbocycles. The second-order valence-electron chi connectivity index (χ2n) is 8.44. The molecule has 0 aliphatic carbocycles. The zero-order valence-electron chi connectivity index (χ0n) is 19.0. The molecule has 8 heteroatoms. The third-order valence-electron chi connectivity index (χ3n) is 6.48. The fraction of sp³-hybridized carbons (Fsp3) is 0.542. The van der Waals surface area contributed by atoms with Gasteiger partial charge in [0.2, 0.25) is 5.91 Å². The first-order valence-corrected chi connectivity index (χ1v) is 11.5. The van der Waals surface area contributed by atoms with E-state index >= 15 is 0 Å². The summed E-state index contributed by atoms with van der Waals surface area (Å²) < 4.78 is 10.7. The van der Waals surface area contributed by atoms with Crippen LogP contribution in [0.5, 0.6) is 11.5 Å². The number of ether oxygens (including phenoxy) is 2. The van der Waals surface area contributed by atoms with Crippen LogP contribution in [0.4, 0.5) is 11.5 Å². The molecule has 2 aliphatic heterocycles. The van der Waals surface area contributed by atoms with Crippen molar-refractivity contribution in [2.75, 3.05) is 50.2 Å². The molecule has 0 bridgehead atoms. The smallest absolute Gasteiger partial charge is 0.223 e. The number of amides is 1. The Morgan fingerprint density at radius 2 is 1.84 bits per heavy atom. The quantitative estimate of drug-likeness (QED) is 0.710. The standard InChI is InChI=1S/C24H33N5O3/c1-31-20-6-7-22(32-2)19(14-20)15-26-24(30)18-8-12-28(13-9-18)21-16-25-17-27-23(21)29-10-4-3-5-11-29/h6-7,14,16-18H,3-5,8-13,15H2,1-2H3,(H,26,30). The molecule has 2 aliphatic rings. The van der Waals surface area contributed by atoms with Gasteiger partial charge in [-0.2, -0.15) is 0 Å². The Hall–Kier alpha value is -3.03. The summed E-state index contributed by atoms with van der Waals surface area (Å²) in [7, 11) is 3.26. The molecule has 0 radical (unpaired) electrons. The van der Waals surface area contributed by atoms with Crippen molar-refractivity contribution in [3.63, 3.8) is 0 Å². The minimum absolute atomic E-state index is 0.00548. The van der Waals surface area contributed by atoms with E-state index in [1.807, 2.05) is 24.4 Å². The highest BCUT2D eigenvalue weighted by atomic mass is 16.5. The lowest BCUT2D eigenvalue weighted by Crippen LogP contribution is -2.41. The second-order valence-corrected chi connectivity index (χ2v) is 8.44. The Labute approximate surface area is 189 Å². The zero-order valence-corrected chi connectivity index (χ0v) is 19.0. The molecule has 4 rings (SSSR count). The second kappa shape index (κ2) is 10.5. The van der Waals surface area contributed by atoms with Crippen molar-refractivity contribution in [3.05, 3.63) is 36.3 Å². The maximum Gasteiger partial charge on any atom is 0.223 e. The van der Waals surface area contributed by atoms with Crippen LogP contribution >= 0.6 is 0 Å². The maximum absolute atomic E-state index is 12.8. The number of nitrogens with zero attached hydrogens (tertiary/aromatic N) is 4. The Kier molecular flexibility index (Phi) is 7.29. The minimum atomic E-state index is 0.00548. The van der Waals surface area contributed by atoms with Crippen LogP contribution in [0.1, 0.15) is 37.7 Å². The predicted molar refractivity (Wildman–Crippen MR) is 124 cm³/mol. The number of benzene rings is 1. The highest BCUT2D eigenvalue weighted by molar-refractivity contribution is 5.79. The fourth-order valence-corrected chi connectivity index (χ4v) is 4.62. The number of methoxy groups -OCH3 is 2. The molecule has 1 amide bonds. The van der Waals surface area contributed by atoms with Crippen molar-refractivity contribution >= 4 is 17.4 Å². The zero-order chi connectivity index (χ0) is 22.3. The summed E-state index contributed by atoms with van der Waals surface area (Å²) in [4.78, 5) is 26.4. The average Bonchev–Trinajstić information content (AvgIpc) is 2.87. The predicted octanol–water partition coefficient (Wildman–Crippen LogP) is 3.02. The Balaban J connectivity index is 1.34. The topological polar surface area (TPSA) is 79.8 Å². The molecule has 0 unspecified atom stereocenters. The minimum Gasteiger partial charge on any atom is -0.497 e. The number of carbonyl (C=O) groups is 1. The molecular formula is C24H33N5O3. The largest absolute Gasteiger partial charge is 0.497 e. The van der Waals surface area contributed by atoms with Crippen LogP contribution in [0.2, 0.25) is 0 Å². The molecule has 2 fully saturated rings. The van der Waals surface area contributed by atoms with Gasteiger partial charge in [-0.3, -0.25) is 4.79 Å². The monoisotopic (exact) mass is 439 g/mol. The van der Waals surface area contributed by atoms with Crippen LogP contribution in [0.15, 0.2) is 30.7 Å². The van der Waals surface area contributed by atoms with E-state index in [0.29, 0.717) is 6.54 Å². The lowest BCUT2D eigenvalue weighted by Gasteiger charge is -2.36. The van der Waals surface area contributed by atoms with Gasteiger partial charge in [0.05, 0.1) is 26.1 Å². The number of aromatic nitrogens is 2. The number of carbonyl (C=O) groups excluding carboxylic acids is 1. The first-order chi connectivity index (χ1) is 15.7. The van der Waals surface area contributed by atoms with E-state index in [2.05, 4.69) is 25.1 Å². The summed E-state index contributed by atoms with van der Waals surface area (Å²) in [5, 5.41) is 3.09. The number of hydrogen-bond acceptors (Lipinski definition) is 7. The average molecular weight is 440 g/mol. The van der Waals surface area contributed by atoms with Crippen molar-refractivity contribution in [2.45, 2.75) is 38.6 Å². The van der Waals surface area contributed by atoms with Gasteiger partial charge in [-0.1, -0.05) is 0 Å². The molecule has 3 heterocycles. The van der Waals surface area contributed by atoms with E-state index in [-0.39, 0.29) is 11.8 Å². The summed E-state index contributed by atoms with van der Waals surface area (Å²) >= 11 is 0. The normalized spacial score (nSPS) is 17.2. The summed E-state index contributed by atoms with van der Waals surface area (Å²) in [5.74, 6) is 2.63. The van der Waals surface area contributed by atoms with Gasteiger partial charge in [0.25, 0.3) is 0 Å². The van der Waals surface area contributed by atoms with Gasteiger partial charge in [0.1, 0.15) is 17.8 Å². The van der Waals surface area contributed by atoms with Gasteiger partial charge in [-0.15, -0.1) is 0 Å². The van der Waals surface area contributed by atoms with Crippen molar-refractivity contribution in [2.24, 2.45) is 5.92 Å². The van der Waals surface area contributed by atoms with E-state index in [4.69, 9.17) is 9.47 Å². The van der Waals surface area contributed by atoms with E-state index in [0.717, 1.165) is 67.6 Å². The molecule has 1 aromatic heterocycles. The van der Waals surface area contributed by atoms with Gasteiger partial charge < -0.3 is 24.6 Å². The van der Waals surface area contributed by atoms with Gasteiger partial charge in [-0.05, 0) is 50.3 Å². The first kappa shape index (κ1) is 22.2. The van der Waals surface area contributed by atoms with E-state index in [9.17, 15) is 4.79 Å². The van der Waals surface area contributed by atoms with Crippen molar-refractivity contribution in [1.29, 1.82) is 0 Å². The van der Waals surface area contributed by atoms with Gasteiger partial charge in [0.15, 0.2) is 5.82 Å². The van der Waals surface area contributed by atoms with Crippen LogP contribution in [0, 0.1) is 5.92 Å². The molecular weight excluding hydrogens is 406 g/mol. The number of rotatable bonds is 7. The summed E-state index contributed by atoms with van der Waals surface area (Å²) in [6.45, 7) is 4.18. The van der Waals surface area contributed by atoms with Gasteiger partial charge in [-0.25, -0.2) is 9.97 Å². The van der Waals surface area contributed by atoms with Crippen molar-refractivity contribution in [3.8, 4) is 11.5 Å². The molecule has 0 spiro atoms. The molecule has 32 heavy (non-hydrogen) atoms. The lowest BCUT2D eigenvalue weighted by molar-refractivity contribution is -0.125.